The number of methoxy groups -OCH3 is 1. The number of para-hydroxylation sites is 1. The number of hydrogen-bond donors (Lipinski definition) is 0. The summed E-state index contributed by atoms with van der Waals surface area (Å²) in [6.45, 7) is 0.983. The molecule has 0 fully saturated rings. The Morgan fingerprint density at radius 1 is 1.11 bits per heavy atom. The second-order valence-electron chi connectivity index (χ2n) is 6.47. The molecule has 0 aliphatic carbocycles. The fourth-order valence-electron chi connectivity index (χ4n) is 3.57. The van der Waals surface area contributed by atoms with Crippen molar-refractivity contribution in [3.8, 4) is 0 Å². The van der Waals surface area contributed by atoms with Crippen LogP contribution in [0.25, 0.3) is 11.0 Å². The molecule has 0 N–H and O–H groups in total. The van der Waals surface area contributed by atoms with Crippen LogP contribution in [0.15, 0.2) is 57.7 Å². The highest BCUT2D eigenvalue weighted by Gasteiger charge is 2.42. The third kappa shape index (κ3) is 3.03. The van der Waals surface area contributed by atoms with Crippen molar-refractivity contribution in [2.75, 3.05) is 20.3 Å². The van der Waals surface area contributed by atoms with Crippen LogP contribution < -0.4 is 5.43 Å². The number of hydrogen-bond acceptors (Lipinski definition) is 4. The second-order valence-corrected chi connectivity index (χ2v) is 6.91. The van der Waals surface area contributed by atoms with Crippen molar-refractivity contribution in [3.63, 3.8) is 0 Å². The first kappa shape index (κ1) is 17.8. The molecule has 0 radical (unpaired) electrons. The van der Waals surface area contributed by atoms with Crippen molar-refractivity contribution in [2.24, 2.45) is 0 Å². The van der Waals surface area contributed by atoms with E-state index in [1.807, 2.05) is 12.1 Å². The summed E-state index contributed by atoms with van der Waals surface area (Å²) in [6, 6.07) is 13.7. The van der Waals surface area contributed by atoms with E-state index in [0.717, 1.165) is 5.56 Å². The molecule has 6 heteroatoms. The zero-order valence-electron chi connectivity index (χ0n) is 14.8. The molecule has 4 rings (SSSR count). The molecule has 1 amide bonds. The maximum atomic E-state index is 13.2. The molecule has 2 heterocycles. The minimum atomic E-state index is -0.498. The highest BCUT2D eigenvalue weighted by atomic mass is 35.5. The SMILES string of the molecule is COCCCN1C(=O)c2oc3ccccc3c(=O)c2C1c1ccc(Cl)cc1. The van der Waals surface area contributed by atoms with Crippen LogP contribution in [0.5, 0.6) is 0 Å². The number of rotatable bonds is 5. The molecule has 138 valence electrons. The Morgan fingerprint density at radius 2 is 1.85 bits per heavy atom. The van der Waals surface area contributed by atoms with E-state index in [4.69, 9.17) is 20.8 Å². The molecule has 0 saturated carbocycles. The van der Waals surface area contributed by atoms with Gasteiger partial charge in [0.2, 0.25) is 5.76 Å². The highest BCUT2D eigenvalue weighted by Crippen LogP contribution is 2.38. The summed E-state index contributed by atoms with van der Waals surface area (Å²) < 4.78 is 11.0. The first-order valence-electron chi connectivity index (χ1n) is 8.73. The van der Waals surface area contributed by atoms with Crippen LogP contribution in [0.1, 0.15) is 34.1 Å². The van der Waals surface area contributed by atoms with Crippen LogP contribution in [-0.4, -0.2) is 31.1 Å². The average molecular weight is 384 g/mol. The summed E-state index contributed by atoms with van der Waals surface area (Å²) in [4.78, 5) is 27.9. The summed E-state index contributed by atoms with van der Waals surface area (Å²) in [5.41, 5.74) is 1.46. The number of fused-ring (bicyclic) bond motifs is 2. The fourth-order valence-corrected chi connectivity index (χ4v) is 3.69. The van der Waals surface area contributed by atoms with E-state index < -0.39 is 6.04 Å². The van der Waals surface area contributed by atoms with E-state index >= 15 is 0 Å². The number of ether oxygens (including phenoxy) is 1. The molecule has 2 aromatic carbocycles. The quantitative estimate of drug-likeness (QED) is 0.624. The Balaban J connectivity index is 1.90. The largest absolute Gasteiger partial charge is 0.450 e. The Bertz CT molecular complexity index is 1060. The zero-order chi connectivity index (χ0) is 19.0. The summed E-state index contributed by atoms with van der Waals surface area (Å²) in [6.07, 6.45) is 0.661. The lowest BCUT2D eigenvalue weighted by atomic mass is 9.98. The van der Waals surface area contributed by atoms with Gasteiger partial charge in [-0.1, -0.05) is 35.9 Å². The molecule has 0 saturated heterocycles. The van der Waals surface area contributed by atoms with Crippen molar-refractivity contribution in [1.29, 1.82) is 0 Å². The van der Waals surface area contributed by atoms with Crippen molar-refractivity contribution in [2.45, 2.75) is 12.5 Å². The summed E-state index contributed by atoms with van der Waals surface area (Å²) in [5, 5.41) is 1.07. The Labute approximate surface area is 161 Å². The van der Waals surface area contributed by atoms with Gasteiger partial charge in [0.05, 0.1) is 17.0 Å². The monoisotopic (exact) mass is 383 g/mol. The van der Waals surface area contributed by atoms with Gasteiger partial charge in [-0.25, -0.2) is 0 Å². The minimum absolute atomic E-state index is 0.121. The van der Waals surface area contributed by atoms with Crippen LogP contribution in [0.2, 0.25) is 5.02 Å². The van der Waals surface area contributed by atoms with Gasteiger partial charge in [0.1, 0.15) is 5.58 Å². The van der Waals surface area contributed by atoms with Gasteiger partial charge in [0.25, 0.3) is 5.91 Å². The van der Waals surface area contributed by atoms with Gasteiger partial charge in [-0.2, -0.15) is 0 Å². The number of carbonyl (C=O) groups excluding carboxylic acids is 1. The molecule has 3 aromatic rings. The molecule has 5 nitrogen and oxygen atoms in total. The van der Waals surface area contributed by atoms with Gasteiger partial charge >= 0.3 is 0 Å². The Morgan fingerprint density at radius 3 is 2.59 bits per heavy atom. The molecule has 1 atom stereocenters. The first-order chi connectivity index (χ1) is 13.1. The molecular weight excluding hydrogens is 366 g/mol. The van der Waals surface area contributed by atoms with Crippen molar-refractivity contribution >= 4 is 28.5 Å². The van der Waals surface area contributed by atoms with Gasteiger partial charge in [-0.05, 0) is 36.2 Å². The lowest BCUT2D eigenvalue weighted by molar-refractivity contribution is 0.0708. The number of nitrogens with zero attached hydrogens (tertiary/aromatic N) is 1. The molecule has 1 unspecified atom stereocenters. The molecule has 1 aliphatic heterocycles. The fraction of sp³-hybridized carbons (Fsp3) is 0.238. The Kier molecular flexibility index (Phi) is 4.72. The van der Waals surface area contributed by atoms with Gasteiger partial charge in [0.15, 0.2) is 5.43 Å². The van der Waals surface area contributed by atoms with Gasteiger partial charge < -0.3 is 14.1 Å². The predicted octanol–water partition coefficient (Wildman–Crippen LogP) is 4.03. The molecular formula is C21H18ClNO4. The number of benzene rings is 2. The molecule has 0 bridgehead atoms. The van der Waals surface area contributed by atoms with E-state index in [2.05, 4.69) is 0 Å². The molecule has 1 aliphatic rings. The van der Waals surface area contributed by atoms with Crippen LogP contribution in [0, 0.1) is 0 Å². The zero-order valence-corrected chi connectivity index (χ0v) is 15.5. The maximum absolute atomic E-state index is 13.2. The van der Waals surface area contributed by atoms with Crippen LogP contribution in [-0.2, 0) is 4.74 Å². The van der Waals surface area contributed by atoms with Gasteiger partial charge in [-0.15, -0.1) is 0 Å². The number of amides is 1. The molecule has 1 aromatic heterocycles. The van der Waals surface area contributed by atoms with Crippen LogP contribution in [0.3, 0.4) is 0 Å². The standard InChI is InChI=1S/C21H18ClNO4/c1-26-12-4-11-23-18(13-7-9-14(22)10-8-13)17-19(24)15-5-2-3-6-16(15)27-20(17)21(23)25/h2-3,5-10,18H,4,11-12H2,1H3. The van der Waals surface area contributed by atoms with E-state index in [0.29, 0.717) is 41.1 Å². The smallest absolute Gasteiger partial charge is 0.290 e. The third-order valence-electron chi connectivity index (χ3n) is 4.81. The van der Waals surface area contributed by atoms with Gasteiger partial charge in [-0.3, -0.25) is 9.59 Å². The Hall–Kier alpha value is -2.63. The maximum Gasteiger partial charge on any atom is 0.290 e. The average Bonchev–Trinajstić information content (AvgIpc) is 2.96. The third-order valence-corrected chi connectivity index (χ3v) is 5.06. The van der Waals surface area contributed by atoms with Crippen molar-refractivity contribution in [3.05, 3.63) is 80.7 Å². The van der Waals surface area contributed by atoms with Crippen LogP contribution >= 0.6 is 11.6 Å². The predicted molar refractivity (Wildman–Crippen MR) is 103 cm³/mol. The van der Waals surface area contributed by atoms with E-state index in [9.17, 15) is 9.59 Å². The normalized spacial score (nSPS) is 16.1. The van der Waals surface area contributed by atoms with Crippen molar-refractivity contribution in [1.82, 2.24) is 4.90 Å². The topological polar surface area (TPSA) is 59.8 Å². The van der Waals surface area contributed by atoms with E-state index in [-0.39, 0.29) is 17.1 Å². The number of halogens is 1. The highest BCUT2D eigenvalue weighted by molar-refractivity contribution is 6.30. The van der Waals surface area contributed by atoms with Crippen molar-refractivity contribution < 1.29 is 13.9 Å². The first-order valence-corrected chi connectivity index (χ1v) is 9.10. The minimum Gasteiger partial charge on any atom is -0.450 e. The summed E-state index contributed by atoms with van der Waals surface area (Å²) in [7, 11) is 1.62. The molecule has 27 heavy (non-hydrogen) atoms. The summed E-state index contributed by atoms with van der Waals surface area (Å²) >= 11 is 6.02. The van der Waals surface area contributed by atoms with Crippen LogP contribution in [0.4, 0.5) is 0 Å². The van der Waals surface area contributed by atoms with E-state index in [1.54, 1.807) is 48.4 Å². The summed E-state index contributed by atoms with van der Waals surface area (Å²) in [5.74, 6) is -0.153. The van der Waals surface area contributed by atoms with Gasteiger partial charge in [0, 0.05) is 25.3 Å². The van der Waals surface area contributed by atoms with E-state index in [1.165, 1.54) is 0 Å². The molecule has 0 spiro atoms. The lowest BCUT2D eigenvalue weighted by Crippen LogP contribution is -2.31. The second kappa shape index (κ2) is 7.18. The number of carbonyl (C=O) groups is 1. The lowest BCUT2D eigenvalue weighted by Gasteiger charge is -2.25.